The van der Waals surface area contributed by atoms with Crippen molar-refractivity contribution >= 4 is 5.97 Å². The number of hydrogen-bond acceptors (Lipinski definition) is 2. The van der Waals surface area contributed by atoms with E-state index in [-0.39, 0.29) is 17.8 Å². The minimum atomic E-state index is -5.68. The molecular weight excluding hydrogens is 278 g/mol. The predicted octanol–water partition coefficient (Wildman–Crippen LogP) is 3.48. The van der Waals surface area contributed by atoms with Crippen molar-refractivity contribution < 1.29 is 35.9 Å². The topological polar surface area (TPSA) is 26.3 Å². The second kappa shape index (κ2) is 5.05. The Labute approximate surface area is 105 Å². The second-order valence-corrected chi connectivity index (χ2v) is 4.55. The van der Waals surface area contributed by atoms with Gasteiger partial charge >= 0.3 is 18.3 Å². The molecule has 1 aliphatic carbocycles. The Morgan fingerprint density at radius 1 is 1.05 bits per heavy atom. The lowest BCUT2D eigenvalue weighted by atomic mass is 10.3. The van der Waals surface area contributed by atoms with Crippen LogP contribution in [0.4, 0.5) is 26.3 Å². The highest BCUT2D eigenvalue weighted by atomic mass is 19.4. The lowest BCUT2D eigenvalue weighted by Crippen LogP contribution is -2.45. The molecule has 1 saturated carbocycles. The highest BCUT2D eigenvalue weighted by Gasteiger charge is 2.59. The number of halogens is 6. The van der Waals surface area contributed by atoms with Crippen molar-refractivity contribution in [2.24, 2.45) is 17.8 Å². The minimum Gasteiger partial charge on any atom is -0.440 e. The molecule has 0 heterocycles. The van der Waals surface area contributed by atoms with E-state index < -0.39 is 24.4 Å². The molecule has 0 spiro atoms. The third-order valence-electron chi connectivity index (χ3n) is 3.19. The van der Waals surface area contributed by atoms with E-state index in [1.165, 1.54) is 6.08 Å². The number of esters is 1. The summed E-state index contributed by atoms with van der Waals surface area (Å²) >= 11 is 0. The molecule has 0 N–H and O–H groups in total. The molecule has 0 aromatic carbocycles. The quantitative estimate of drug-likeness (QED) is 0.452. The largest absolute Gasteiger partial charge is 0.440 e. The summed E-state index contributed by atoms with van der Waals surface area (Å²) in [5.74, 6) is -1.15. The van der Waals surface area contributed by atoms with Crippen LogP contribution < -0.4 is 0 Å². The van der Waals surface area contributed by atoms with Crippen molar-refractivity contribution in [3.05, 3.63) is 12.2 Å². The molecule has 1 fully saturated rings. The fourth-order valence-corrected chi connectivity index (χ4v) is 1.72. The van der Waals surface area contributed by atoms with Gasteiger partial charge in [0.1, 0.15) is 0 Å². The van der Waals surface area contributed by atoms with Crippen molar-refractivity contribution in [2.75, 3.05) is 0 Å². The summed E-state index contributed by atoms with van der Waals surface area (Å²) in [7, 11) is 0. The number of carbonyl (C=O) groups excluding carboxylic acids is 1. The molecular formula is C11H12F6O2. The van der Waals surface area contributed by atoms with Gasteiger partial charge in [0.2, 0.25) is 0 Å². The Morgan fingerprint density at radius 3 is 1.79 bits per heavy atom. The van der Waals surface area contributed by atoms with Crippen LogP contribution >= 0.6 is 0 Å². The summed E-state index contributed by atoms with van der Waals surface area (Å²) in [6.45, 7) is 3.72. The maximum atomic E-state index is 12.1. The SMILES string of the molecule is CC1C(C)C1C=CC(=O)OC(C(F)(F)F)C(F)(F)F. The van der Waals surface area contributed by atoms with Gasteiger partial charge in [-0.3, -0.25) is 0 Å². The van der Waals surface area contributed by atoms with Crippen LogP contribution in [0.1, 0.15) is 13.8 Å². The molecule has 0 bridgehead atoms. The van der Waals surface area contributed by atoms with Gasteiger partial charge in [-0.1, -0.05) is 19.9 Å². The molecule has 0 radical (unpaired) electrons. The number of rotatable bonds is 3. The molecule has 0 aromatic rings. The van der Waals surface area contributed by atoms with Crippen LogP contribution in [0.15, 0.2) is 12.2 Å². The normalized spacial score (nSPS) is 27.9. The van der Waals surface area contributed by atoms with Crippen LogP contribution in [-0.2, 0) is 9.53 Å². The van der Waals surface area contributed by atoms with Gasteiger partial charge in [0.15, 0.2) is 0 Å². The summed E-state index contributed by atoms with van der Waals surface area (Å²) in [5, 5.41) is 0. The molecule has 1 aliphatic rings. The van der Waals surface area contributed by atoms with Crippen molar-refractivity contribution in [3.8, 4) is 0 Å². The molecule has 110 valence electrons. The Morgan fingerprint density at radius 2 is 1.47 bits per heavy atom. The zero-order valence-corrected chi connectivity index (χ0v) is 10.0. The van der Waals surface area contributed by atoms with Crippen LogP contribution in [0.5, 0.6) is 0 Å². The first-order valence-corrected chi connectivity index (χ1v) is 5.47. The molecule has 2 unspecified atom stereocenters. The molecule has 8 heteroatoms. The number of hydrogen-bond donors (Lipinski definition) is 0. The highest BCUT2D eigenvalue weighted by Crippen LogP contribution is 2.46. The molecule has 0 amide bonds. The lowest BCUT2D eigenvalue weighted by Gasteiger charge is -2.22. The first kappa shape index (κ1) is 15.8. The Kier molecular flexibility index (Phi) is 4.21. The van der Waals surface area contributed by atoms with E-state index in [2.05, 4.69) is 4.74 Å². The molecule has 19 heavy (non-hydrogen) atoms. The molecule has 0 aliphatic heterocycles. The lowest BCUT2D eigenvalue weighted by molar-refractivity contribution is -0.312. The summed E-state index contributed by atoms with van der Waals surface area (Å²) in [5.41, 5.74) is 0. The monoisotopic (exact) mass is 290 g/mol. The first-order valence-electron chi connectivity index (χ1n) is 5.47. The van der Waals surface area contributed by atoms with Gasteiger partial charge in [-0.25, -0.2) is 4.79 Å². The van der Waals surface area contributed by atoms with Crippen molar-refractivity contribution in [1.29, 1.82) is 0 Å². The van der Waals surface area contributed by atoms with Gasteiger partial charge in [-0.05, 0) is 17.8 Å². The zero-order chi connectivity index (χ0) is 15.0. The number of alkyl halides is 6. The Hall–Kier alpha value is -1.21. The van der Waals surface area contributed by atoms with Gasteiger partial charge in [-0.15, -0.1) is 0 Å². The van der Waals surface area contributed by atoms with E-state index in [0.717, 1.165) is 0 Å². The molecule has 0 saturated heterocycles. The van der Waals surface area contributed by atoms with E-state index in [0.29, 0.717) is 6.08 Å². The minimum absolute atomic E-state index is 0.0113. The Balaban J connectivity index is 2.63. The van der Waals surface area contributed by atoms with E-state index in [1.807, 2.05) is 13.8 Å². The summed E-state index contributed by atoms with van der Waals surface area (Å²) in [4.78, 5) is 11.0. The fraction of sp³-hybridized carbons (Fsp3) is 0.727. The van der Waals surface area contributed by atoms with Crippen molar-refractivity contribution in [3.63, 3.8) is 0 Å². The van der Waals surface area contributed by atoms with Crippen LogP contribution in [0.25, 0.3) is 0 Å². The van der Waals surface area contributed by atoms with Crippen LogP contribution in [-0.4, -0.2) is 24.4 Å². The molecule has 2 atom stereocenters. The third-order valence-corrected chi connectivity index (χ3v) is 3.19. The predicted molar refractivity (Wildman–Crippen MR) is 52.9 cm³/mol. The van der Waals surface area contributed by atoms with Gasteiger partial charge in [-0.2, -0.15) is 26.3 Å². The summed E-state index contributed by atoms with van der Waals surface area (Å²) in [6.07, 6.45) is -13.5. The smallest absolute Gasteiger partial charge is 0.434 e. The standard InChI is InChI=1S/C11H12F6O2/c1-5-6(2)7(5)3-4-8(18)19-9(10(12,13)14)11(15,16)17/h3-7,9H,1-2H3. The van der Waals surface area contributed by atoms with E-state index >= 15 is 0 Å². The van der Waals surface area contributed by atoms with Crippen LogP contribution in [0.2, 0.25) is 0 Å². The van der Waals surface area contributed by atoms with E-state index in [9.17, 15) is 31.1 Å². The maximum absolute atomic E-state index is 12.1. The second-order valence-electron chi connectivity index (χ2n) is 4.55. The Bertz CT molecular complexity index is 348. The fourth-order valence-electron chi connectivity index (χ4n) is 1.72. The molecule has 1 rings (SSSR count). The number of ether oxygens (including phenoxy) is 1. The van der Waals surface area contributed by atoms with Gasteiger partial charge in [0.05, 0.1) is 0 Å². The van der Waals surface area contributed by atoms with Crippen molar-refractivity contribution in [1.82, 2.24) is 0 Å². The zero-order valence-electron chi connectivity index (χ0n) is 10.0. The van der Waals surface area contributed by atoms with Gasteiger partial charge < -0.3 is 4.74 Å². The van der Waals surface area contributed by atoms with Crippen LogP contribution in [0.3, 0.4) is 0 Å². The molecule has 0 aromatic heterocycles. The first-order chi connectivity index (χ1) is 8.44. The van der Waals surface area contributed by atoms with Crippen molar-refractivity contribution in [2.45, 2.75) is 32.3 Å². The van der Waals surface area contributed by atoms with Gasteiger partial charge in [0, 0.05) is 6.08 Å². The van der Waals surface area contributed by atoms with E-state index in [4.69, 9.17) is 0 Å². The van der Waals surface area contributed by atoms with E-state index in [1.54, 1.807) is 0 Å². The van der Waals surface area contributed by atoms with Gasteiger partial charge in [0.25, 0.3) is 6.10 Å². The summed E-state index contributed by atoms with van der Waals surface area (Å²) in [6, 6.07) is 0. The third kappa shape index (κ3) is 4.14. The maximum Gasteiger partial charge on any atom is 0.434 e. The highest BCUT2D eigenvalue weighted by molar-refractivity contribution is 5.82. The average Bonchev–Trinajstić information content (AvgIpc) is 2.77. The summed E-state index contributed by atoms with van der Waals surface area (Å²) < 4.78 is 76.0. The molecule has 2 nitrogen and oxygen atoms in total. The van der Waals surface area contributed by atoms with Crippen LogP contribution in [0, 0.1) is 17.8 Å². The number of carbonyl (C=O) groups is 1. The average molecular weight is 290 g/mol. The number of allylic oxidation sites excluding steroid dienone is 1.